The maximum Gasteiger partial charge on any atom is 0.273 e. The number of hydrogen-bond donors (Lipinski definition) is 1. The Morgan fingerprint density at radius 1 is 1.38 bits per heavy atom. The fourth-order valence-electron chi connectivity index (χ4n) is 2.13. The molecule has 1 N–H and O–H groups in total. The van der Waals surface area contributed by atoms with Gasteiger partial charge in [-0.15, -0.1) is 0 Å². The average molecular weight is 290 g/mol. The zero-order valence-corrected chi connectivity index (χ0v) is 12.3. The van der Waals surface area contributed by atoms with Gasteiger partial charge >= 0.3 is 0 Å². The summed E-state index contributed by atoms with van der Waals surface area (Å²) in [4.78, 5) is 10.5. The number of aryl methyl sites for hydroxylation is 2. The minimum atomic E-state index is -0.419. The van der Waals surface area contributed by atoms with Gasteiger partial charge in [-0.05, 0) is 18.6 Å². The highest BCUT2D eigenvalue weighted by Gasteiger charge is 2.10. The number of non-ortho nitro benzene ring substituents is 1. The molecular weight excluding hydrogens is 272 g/mol. The van der Waals surface area contributed by atoms with Crippen LogP contribution in [0.4, 0.5) is 5.69 Å². The van der Waals surface area contributed by atoms with Crippen LogP contribution in [-0.4, -0.2) is 21.8 Å². The van der Waals surface area contributed by atoms with Gasteiger partial charge in [-0.25, -0.2) is 0 Å². The second-order valence-corrected chi connectivity index (χ2v) is 4.81. The molecule has 21 heavy (non-hydrogen) atoms. The van der Waals surface area contributed by atoms with Gasteiger partial charge in [-0.2, -0.15) is 5.10 Å². The molecule has 1 heterocycles. The van der Waals surface area contributed by atoms with E-state index in [1.165, 1.54) is 13.2 Å². The van der Waals surface area contributed by atoms with Crippen molar-refractivity contribution in [2.75, 3.05) is 7.11 Å². The van der Waals surface area contributed by atoms with Crippen molar-refractivity contribution in [3.8, 4) is 5.75 Å². The van der Waals surface area contributed by atoms with Crippen LogP contribution in [-0.2, 0) is 20.1 Å². The maximum atomic E-state index is 10.9. The number of nitrogens with zero attached hydrogens (tertiary/aromatic N) is 3. The second kappa shape index (κ2) is 6.36. The molecule has 0 aliphatic carbocycles. The minimum Gasteiger partial charge on any atom is -0.496 e. The van der Waals surface area contributed by atoms with Crippen molar-refractivity contribution < 1.29 is 9.66 Å². The summed E-state index contributed by atoms with van der Waals surface area (Å²) in [5.74, 6) is 0.485. The molecule has 1 aromatic carbocycles. The number of methoxy groups -OCH3 is 1. The topological polar surface area (TPSA) is 82.2 Å². The third-order valence-electron chi connectivity index (χ3n) is 3.16. The largest absolute Gasteiger partial charge is 0.496 e. The lowest BCUT2D eigenvalue weighted by Crippen LogP contribution is -2.13. The smallest absolute Gasteiger partial charge is 0.273 e. The Balaban J connectivity index is 2.04. The first-order valence-corrected chi connectivity index (χ1v) is 6.52. The van der Waals surface area contributed by atoms with Crippen LogP contribution in [0.5, 0.6) is 5.75 Å². The average Bonchev–Trinajstić information content (AvgIpc) is 2.76. The molecule has 0 saturated heterocycles. The van der Waals surface area contributed by atoms with E-state index in [0.29, 0.717) is 18.8 Å². The summed E-state index contributed by atoms with van der Waals surface area (Å²) in [6, 6.07) is 4.75. The van der Waals surface area contributed by atoms with Gasteiger partial charge in [-0.3, -0.25) is 14.8 Å². The molecule has 0 fully saturated rings. The fraction of sp³-hybridized carbons (Fsp3) is 0.357. The van der Waals surface area contributed by atoms with E-state index in [4.69, 9.17) is 4.74 Å². The van der Waals surface area contributed by atoms with E-state index in [1.807, 2.05) is 20.2 Å². The van der Waals surface area contributed by atoms with Crippen molar-refractivity contribution in [3.63, 3.8) is 0 Å². The van der Waals surface area contributed by atoms with Gasteiger partial charge < -0.3 is 10.1 Å². The maximum absolute atomic E-state index is 10.9. The number of aromatic nitrogens is 2. The summed E-state index contributed by atoms with van der Waals surface area (Å²) >= 11 is 0. The summed E-state index contributed by atoms with van der Waals surface area (Å²) < 4.78 is 6.85. The first-order chi connectivity index (χ1) is 9.99. The molecule has 0 bridgehead atoms. The third kappa shape index (κ3) is 3.79. The summed E-state index contributed by atoms with van der Waals surface area (Å²) in [7, 11) is 3.37. The molecule has 0 unspecified atom stereocenters. The van der Waals surface area contributed by atoms with Gasteiger partial charge in [0, 0.05) is 38.0 Å². The van der Waals surface area contributed by atoms with E-state index in [9.17, 15) is 10.1 Å². The van der Waals surface area contributed by atoms with Crippen LogP contribution in [0.2, 0.25) is 0 Å². The van der Waals surface area contributed by atoms with Crippen LogP contribution in [0.3, 0.4) is 0 Å². The number of nitro groups is 1. The molecule has 2 aromatic rings. The standard InChI is InChI=1S/C14H18N4O3/c1-10-12(9-17(2)16-10)8-15-7-11-4-13(18(19)20)6-14(5-11)21-3/h4-6,9,15H,7-8H2,1-3H3. The Hall–Kier alpha value is -2.41. The van der Waals surface area contributed by atoms with Crippen molar-refractivity contribution in [1.29, 1.82) is 0 Å². The lowest BCUT2D eigenvalue weighted by molar-refractivity contribution is -0.385. The number of nitro benzene ring substituents is 1. The van der Waals surface area contributed by atoms with Crippen LogP contribution in [0, 0.1) is 17.0 Å². The number of benzene rings is 1. The van der Waals surface area contributed by atoms with E-state index >= 15 is 0 Å². The molecule has 112 valence electrons. The quantitative estimate of drug-likeness (QED) is 0.649. The predicted octanol–water partition coefficient (Wildman–Crippen LogP) is 1.94. The van der Waals surface area contributed by atoms with Crippen LogP contribution in [0.15, 0.2) is 24.4 Å². The normalized spacial score (nSPS) is 10.6. The van der Waals surface area contributed by atoms with E-state index in [-0.39, 0.29) is 5.69 Å². The van der Waals surface area contributed by atoms with E-state index in [1.54, 1.807) is 16.8 Å². The lowest BCUT2D eigenvalue weighted by atomic mass is 10.2. The molecule has 7 heteroatoms. The van der Waals surface area contributed by atoms with Crippen LogP contribution < -0.4 is 10.1 Å². The molecule has 1 aromatic heterocycles. The van der Waals surface area contributed by atoms with Gasteiger partial charge in [0.25, 0.3) is 5.69 Å². The highest BCUT2D eigenvalue weighted by atomic mass is 16.6. The zero-order chi connectivity index (χ0) is 15.4. The Morgan fingerprint density at radius 3 is 2.71 bits per heavy atom. The van der Waals surface area contributed by atoms with Crippen LogP contribution in [0.25, 0.3) is 0 Å². The van der Waals surface area contributed by atoms with E-state index in [2.05, 4.69) is 10.4 Å². The lowest BCUT2D eigenvalue weighted by Gasteiger charge is -2.07. The molecule has 0 saturated carbocycles. The highest BCUT2D eigenvalue weighted by molar-refractivity contribution is 5.42. The Kier molecular flexibility index (Phi) is 4.54. The van der Waals surface area contributed by atoms with Gasteiger partial charge in [0.05, 0.1) is 23.8 Å². The highest BCUT2D eigenvalue weighted by Crippen LogP contribution is 2.22. The Morgan fingerprint density at radius 2 is 2.14 bits per heavy atom. The number of nitrogens with one attached hydrogen (secondary N) is 1. The molecule has 0 aliphatic heterocycles. The van der Waals surface area contributed by atoms with Crippen molar-refractivity contribution in [1.82, 2.24) is 15.1 Å². The van der Waals surface area contributed by atoms with Gasteiger partial charge in [-0.1, -0.05) is 0 Å². The summed E-state index contributed by atoms with van der Waals surface area (Å²) in [5.41, 5.74) is 2.92. The first kappa shape index (κ1) is 15.0. The molecule has 0 atom stereocenters. The molecule has 2 rings (SSSR count). The van der Waals surface area contributed by atoms with E-state index < -0.39 is 4.92 Å². The SMILES string of the molecule is COc1cc(CNCc2cn(C)nc2C)cc([N+](=O)[O-])c1. The second-order valence-electron chi connectivity index (χ2n) is 4.81. The zero-order valence-electron chi connectivity index (χ0n) is 12.3. The number of ether oxygens (including phenoxy) is 1. The molecular formula is C14H18N4O3. The third-order valence-corrected chi connectivity index (χ3v) is 3.16. The van der Waals surface area contributed by atoms with Crippen molar-refractivity contribution in [3.05, 3.63) is 51.3 Å². The Bertz CT molecular complexity index is 652. The monoisotopic (exact) mass is 290 g/mol. The molecule has 0 radical (unpaired) electrons. The molecule has 0 spiro atoms. The summed E-state index contributed by atoms with van der Waals surface area (Å²) in [6.07, 6.45) is 1.95. The molecule has 7 nitrogen and oxygen atoms in total. The van der Waals surface area contributed by atoms with Gasteiger partial charge in [0.15, 0.2) is 0 Å². The van der Waals surface area contributed by atoms with Crippen molar-refractivity contribution in [2.24, 2.45) is 7.05 Å². The van der Waals surface area contributed by atoms with Gasteiger partial charge in [0.1, 0.15) is 5.75 Å². The summed E-state index contributed by atoms with van der Waals surface area (Å²) in [5, 5.41) is 18.4. The number of hydrogen-bond acceptors (Lipinski definition) is 5. The number of rotatable bonds is 6. The predicted molar refractivity (Wildman–Crippen MR) is 78.1 cm³/mol. The molecule has 0 amide bonds. The first-order valence-electron chi connectivity index (χ1n) is 6.52. The van der Waals surface area contributed by atoms with Gasteiger partial charge in [0.2, 0.25) is 0 Å². The Labute approximate surface area is 122 Å². The summed E-state index contributed by atoms with van der Waals surface area (Å²) in [6.45, 7) is 3.13. The van der Waals surface area contributed by atoms with Crippen molar-refractivity contribution in [2.45, 2.75) is 20.0 Å². The fourth-order valence-corrected chi connectivity index (χ4v) is 2.13. The molecule has 0 aliphatic rings. The van der Waals surface area contributed by atoms with Crippen LogP contribution in [0.1, 0.15) is 16.8 Å². The van der Waals surface area contributed by atoms with Crippen molar-refractivity contribution >= 4 is 5.69 Å². The van der Waals surface area contributed by atoms with E-state index in [0.717, 1.165) is 16.8 Å². The minimum absolute atomic E-state index is 0.0312. The van der Waals surface area contributed by atoms with Crippen LogP contribution >= 0.6 is 0 Å².